The molecular formula is C18H20Bi2N4O4. The average molecular weight is 774 g/mol. The van der Waals surface area contributed by atoms with Gasteiger partial charge in [0.05, 0.1) is 0 Å². The van der Waals surface area contributed by atoms with Crippen molar-refractivity contribution in [3.05, 3.63) is 74.9 Å². The molecule has 0 aliphatic heterocycles. The Kier molecular flexibility index (Phi) is 10.5. The summed E-state index contributed by atoms with van der Waals surface area (Å²) in [7, 11) is 0. The zero-order chi connectivity index (χ0) is 21.1. The molecule has 0 saturated heterocycles. The van der Waals surface area contributed by atoms with Gasteiger partial charge in [0.25, 0.3) is 0 Å². The summed E-state index contributed by atoms with van der Waals surface area (Å²) >= 11 is -6.26. The summed E-state index contributed by atoms with van der Waals surface area (Å²) in [5, 5.41) is 0. The molecule has 0 bridgehead atoms. The first-order valence-electron chi connectivity index (χ1n) is 7.77. The van der Waals surface area contributed by atoms with E-state index in [1.54, 1.807) is 24.3 Å². The summed E-state index contributed by atoms with van der Waals surface area (Å²) < 4.78 is 12.8. The quantitative estimate of drug-likeness (QED) is 0.168. The number of hydrogen-bond donors (Lipinski definition) is 4. The monoisotopic (exact) mass is 774 g/mol. The average Bonchev–Trinajstić information content (AvgIpc) is 2.72. The van der Waals surface area contributed by atoms with E-state index in [-0.39, 0.29) is 23.6 Å². The van der Waals surface area contributed by atoms with Crippen LogP contribution in [-0.2, 0) is 19.2 Å². The van der Waals surface area contributed by atoms with Crippen molar-refractivity contribution >= 4 is 74.8 Å². The van der Waals surface area contributed by atoms with Gasteiger partial charge in [-0.3, -0.25) is 0 Å². The van der Waals surface area contributed by atoms with Crippen LogP contribution in [0.25, 0.3) is 0 Å². The molecule has 0 aromatic heterocycles. The molecule has 0 atom stereocenters. The second kappa shape index (κ2) is 12.3. The topological polar surface area (TPSA) is 116 Å². The summed E-state index contributed by atoms with van der Waals surface area (Å²) in [5.74, 6) is -1.50. The molecule has 0 aliphatic carbocycles. The fourth-order valence-electron chi connectivity index (χ4n) is 1.69. The molecule has 0 heterocycles. The van der Waals surface area contributed by atoms with Crippen molar-refractivity contribution in [2.24, 2.45) is 0 Å². The molecule has 8 nitrogen and oxygen atoms in total. The maximum absolute atomic E-state index is 11.7. The van der Waals surface area contributed by atoms with Crippen molar-refractivity contribution in [1.82, 2.24) is 13.0 Å². The van der Waals surface area contributed by atoms with Gasteiger partial charge >= 0.3 is 182 Å². The number of amides is 4. The van der Waals surface area contributed by atoms with Crippen LogP contribution in [0.1, 0.15) is 0 Å². The number of carbonyl (C=O) groups excluding carboxylic acids is 4. The third kappa shape index (κ3) is 7.83. The summed E-state index contributed by atoms with van der Waals surface area (Å²) in [5.41, 5.74) is 0. The Morgan fingerprint density at radius 1 is 0.571 bits per heavy atom. The molecule has 0 saturated carbocycles. The molecule has 0 unspecified atom stereocenters. The Bertz CT molecular complexity index is 697. The molecule has 146 valence electrons. The molecule has 0 radical (unpaired) electrons. The fraction of sp³-hybridized carbons (Fsp3) is 0. The van der Waals surface area contributed by atoms with Gasteiger partial charge < -0.3 is 0 Å². The Balaban J connectivity index is 3.12. The van der Waals surface area contributed by atoms with E-state index in [9.17, 15) is 19.2 Å². The van der Waals surface area contributed by atoms with Crippen molar-refractivity contribution in [1.29, 1.82) is 0 Å². The minimum absolute atomic E-state index is 0.376. The van der Waals surface area contributed by atoms with E-state index < -0.39 is 44.7 Å². The van der Waals surface area contributed by atoms with Crippen LogP contribution in [0.5, 0.6) is 0 Å². The van der Waals surface area contributed by atoms with Crippen LogP contribution in [0, 0.1) is 0 Å². The molecular weight excluding hydrogens is 754 g/mol. The van der Waals surface area contributed by atoms with E-state index >= 15 is 0 Å². The van der Waals surface area contributed by atoms with E-state index in [0.717, 1.165) is 30.8 Å². The third-order valence-electron chi connectivity index (χ3n) is 3.00. The Morgan fingerprint density at radius 3 is 0.964 bits per heavy atom. The van der Waals surface area contributed by atoms with Crippen molar-refractivity contribution in [2.75, 3.05) is 0 Å². The normalized spacial score (nSPS) is 9.79. The van der Waals surface area contributed by atoms with Gasteiger partial charge in [0, 0.05) is 0 Å². The molecule has 1 aromatic rings. The van der Waals surface area contributed by atoms with Gasteiger partial charge in [-0.2, -0.15) is 0 Å². The molecule has 10 heteroatoms. The van der Waals surface area contributed by atoms with Gasteiger partial charge in [-0.1, -0.05) is 0 Å². The number of nitrogens with one attached hydrogen (secondary N) is 4. The first-order valence-corrected chi connectivity index (χ1v) is 18.2. The molecule has 4 N–H and O–H groups in total. The summed E-state index contributed by atoms with van der Waals surface area (Å²) in [4.78, 5) is 46.8. The van der Waals surface area contributed by atoms with Gasteiger partial charge in [-0.25, -0.2) is 0 Å². The first-order chi connectivity index (χ1) is 13.3. The van der Waals surface area contributed by atoms with E-state index in [0.29, 0.717) is 0 Å². The van der Waals surface area contributed by atoms with Crippen LogP contribution in [0.4, 0.5) is 0 Å². The van der Waals surface area contributed by atoms with E-state index in [1.807, 2.05) is 0 Å². The molecule has 28 heavy (non-hydrogen) atoms. The fourth-order valence-corrected chi connectivity index (χ4v) is 12.5. The van der Waals surface area contributed by atoms with Crippen molar-refractivity contribution in [2.45, 2.75) is 0 Å². The van der Waals surface area contributed by atoms with Gasteiger partial charge in [0.1, 0.15) is 0 Å². The predicted molar refractivity (Wildman–Crippen MR) is 111 cm³/mol. The summed E-state index contributed by atoms with van der Waals surface area (Å²) in [6.07, 6.45) is 4.55. The van der Waals surface area contributed by atoms with Crippen molar-refractivity contribution in [3.8, 4) is 0 Å². The van der Waals surface area contributed by atoms with Crippen LogP contribution in [0.15, 0.2) is 74.9 Å². The minimum atomic E-state index is -3.13. The van der Waals surface area contributed by atoms with Crippen molar-refractivity contribution < 1.29 is 19.2 Å². The van der Waals surface area contributed by atoms with Crippen LogP contribution < -0.4 is 19.6 Å². The van der Waals surface area contributed by atoms with Gasteiger partial charge in [0.15, 0.2) is 0 Å². The Labute approximate surface area is 180 Å². The van der Waals surface area contributed by atoms with E-state index in [1.165, 1.54) is 0 Å². The predicted octanol–water partition coefficient (Wildman–Crippen LogP) is -1.71. The molecule has 0 fully saturated rings. The van der Waals surface area contributed by atoms with Crippen LogP contribution in [-0.4, -0.2) is 68.3 Å². The second-order valence-corrected chi connectivity index (χ2v) is 17.6. The Hall–Kier alpha value is -2.17. The van der Waals surface area contributed by atoms with Crippen LogP contribution in [0.2, 0.25) is 0 Å². The van der Waals surface area contributed by atoms with Crippen LogP contribution >= 0.6 is 0 Å². The number of rotatable bonds is 10. The molecule has 1 rings (SSSR count). The third-order valence-corrected chi connectivity index (χ3v) is 16.2. The van der Waals surface area contributed by atoms with Gasteiger partial charge in [-0.15, -0.1) is 0 Å². The van der Waals surface area contributed by atoms with E-state index in [4.69, 9.17) is 0 Å². The molecule has 4 amide bonds. The summed E-state index contributed by atoms with van der Waals surface area (Å²) in [6.45, 7) is 13.7. The van der Waals surface area contributed by atoms with E-state index in [2.05, 4.69) is 39.4 Å². The zero-order valence-corrected chi connectivity index (χ0v) is 21.9. The van der Waals surface area contributed by atoms with Crippen LogP contribution in [0.3, 0.4) is 0 Å². The SMILES string of the molecule is C=CC(=O)[NH][Bi]([NH]C(=O)C=C)[c]1cc[c]([Bi]([NH]C(=O)C=C)[NH]C(=O)C=C)cc1. The standard InChI is InChI=1S/C6H4.4C3H5NO.2Bi/c1-2-4-6-5-3-1;4*1-2-3(4)5;;/h1-2,5-6H;4*2H,1H2,(H2,4,5);;/q;;;;;2*+2/p-4. The number of hydrogen-bond acceptors (Lipinski definition) is 4. The maximum atomic E-state index is 11.7. The first kappa shape index (κ1) is 23.9. The number of benzene rings is 1. The van der Waals surface area contributed by atoms with Crippen molar-refractivity contribution in [3.63, 3.8) is 0 Å². The molecule has 1 aromatic carbocycles. The molecule has 0 spiro atoms. The van der Waals surface area contributed by atoms with Gasteiger partial charge in [-0.05, 0) is 0 Å². The zero-order valence-electron chi connectivity index (χ0n) is 15.0. The summed E-state index contributed by atoms with van der Waals surface area (Å²) in [6, 6.07) is 7.07. The van der Waals surface area contributed by atoms with Gasteiger partial charge in [0.2, 0.25) is 0 Å². The second-order valence-electron chi connectivity index (χ2n) is 4.91. The Morgan fingerprint density at radius 2 is 0.786 bits per heavy atom. The molecule has 0 aliphatic rings. The number of carbonyl (C=O) groups is 4.